The summed E-state index contributed by atoms with van der Waals surface area (Å²) in [5.74, 6) is 3.18. The van der Waals surface area contributed by atoms with E-state index >= 15 is 0 Å². The summed E-state index contributed by atoms with van der Waals surface area (Å²) in [4.78, 5) is 32.2. The van der Waals surface area contributed by atoms with Gasteiger partial charge in [0.05, 0.1) is 61.7 Å². The summed E-state index contributed by atoms with van der Waals surface area (Å²) in [6.07, 6.45) is 10.1. The van der Waals surface area contributed by atoms with E-state index in [9.17, 15) is 9.59 Å². The molecule has 5 rings (SSSR count). The third-order valence-electron chi connectivity index (χ3n) is 6.84. The van der Waals surface area contributed by atoms with Crippen LogP contribution in [-0.4, -0.2) is 89.4 Å². The quantitative estimate of drug-likeness (QED) is 0.251. The Kier molecular flexibility index (Phi) is 8.15. The van der Waals surface area contributed by atoms with Crippen LogP contribution < -0.4 is 5.01 Å². The normalized spacial score (nSPS) is 18.8. The maximum atomic E-state index is 12.0. The SMILES string of the molecule is COC1=CC2=C(N3CCN(N(C=O)c4ccc(C#N)cc4)CC3)C(=C=O)C=NC2C=C1OCCCn1nccn1. The van der Waals surface area contributed by atoms with Crippen LogP contribution in [-0.2, 0) is 25.6 Å². The fourth-order valence-electron chi connectivity index (χ4n) is 4.88. The first-order valence-corrected chi connectivity index (χ1v) is 12.9. The van der Waals surface area contributed by atoms with Crippen LogP contribution in [0.3, 0.4) is 0 Å². The monoisotopic (exact) mass is 540 g/mol. The summed E-state index contributed by atoms with van der Waals surface area (Å²) in [5.41, 5.74) is 3.16. The highest BCUT2D eigenvalue weighted by atomic mass is 16.5. The lowest BCUT2D eigenvalue weighted by Crippen LogP contribution is -2.53. The number of piperazine rings is 1. The largest absolute Gasteiger partial charge is 0.493 e. The minimum Gasteiger partial charge on any atom is -0.493 e. The molecular weight excluding hydrogens is 512 g/mol. The van der Waals surface area contributed by atoms with Gasteiger partial charge in [0, 0.05) is 44.4 Å². The van der Waals surface area contributed by atoms with E-state index in [2.05, 4.69) is 26.2 Å². The molecular formula is C28H28N8O4. The zero-order valence-corrected chi connectivity index (χ0v) is 22.0. The number of aliphatic imine (C=N–C) groups is 1. The smallest absolute Gasteiger partial charge is 0.228 e. The van der Waals surface area contributed by atoms with Crippen molar-refractivity contribution in [2.75, 3.05) is 44.9 Å². The third kappa shape index (κ3) is 5.56. The number of rotatable bonds is 10. The molecule has 2 aromatic rings. The van der Waals surface area contributed by atoms with Crippen LogP contribution in [0.1, 0.15) is 12.0 Å². The molecule has 3 heterocycles. The number of allylic oxidation sites excluding steroid dienone is 1. The van der Waals surface area contributed by atoms with Gasteiger partial charge in [-0.05, 0) is 36.4 Å². The molecule has 12 nitrogen and oxygen atoms in total. The van der Waals surface area contributed by atoms with Crippen LogP contribution >= 0.6 is 0 Å². The van der Waals surface area contributed by atoms with Crippen molar-refractivity contribution < 1.29 is 19.1 Å². The van der Waals surface area contributed by atoms with Crippen molar-refractivity contribution in [1.82, 2.24) is 24.9 Å². The van der Waals surface area contributed by atoms with E-state index in [0.717, 1.165) is 17.7 Å². The molecule has 0 radical (unpaired) electrons. The number of benzene rings is 1. The van der Waals surface area contributed by atoms with Gasteiger partial charge in [-0.25, -0.2) is 14.8 Å². The summed E-state index contributed by atoms with van der Waals surface area (Å²) < 4.78 is 11.7. The molecule has 0 saturated carbocycles. The molecule has 12 heteroatoms. The number of dihydropyridines is 1. The Morgan fingerprint density at radius 2 is 1.88 bits per heavy atom. The average Bonchev–Trinajstić information content (AvgIpc) is 3.53. The third-order valence-corrected chi connectivity index (χ3v) is 6.84. The zero-order valence-electron chi connectivity index (χ0n) is 22.0. The maximum absolute atomic E-state index is 12.0. The standard InChI is InChI=1S/C28H28N8O4/c1-39-26-15-24-25(16-27(26)40-14-2-9-36-31-7-8-32-36)30-18-22(19-37)28(24)33-10-12-34(13-11-33)35(20-38)23-5-3-21(17-29)4-6-23/h3-8,15-16,18,20,25H,2,9-14H2,1H3. The minimum absolute atomic E-state index is 0.336. The summed E-state index contributed by atoms with van der Waals surface area (Å²) in [6, 6.07) is 8.61. The van der Waals surface area contributed by atoms with E-state index < -0.39 is 0 Å². The van der Waals surface area contributed by atoms with Crippen molar-refractivity contribution in [3.63, 3.8) is 0 Å². The van der Waals surface area contributed by atoms with Crippen LogP contribution in [0.2, 0.25) is 0 Å². The number of nitriles is 1. The predicted molar refractivity (Wildman–Crippen MR) is 145 cm³/mol. The van der Waals surface area contributed by atoms with Crippen molar-refractivity contribution in [2.45, 2.75) is 19.0 Å². The number of nitrogens with zero attached hydrogens (tertiary/aromatic N) is 8. The van der Waals surface area contributed by atoms with E-state index in [4.69, 9.17) is 14.7 Å². The molecule has 0 N–H and O–H groups in total. The van der Waals surface area contributed by atoms with Gasteiger partial charge in [-0.15, -0.1) is 0 Å². The molecule has 204 valence electrons. The van der Waals surface area contributed by atoms with E-state index in [-0.39, 0.29) is 6.04 Å². The number of hydrazine groups is 1. The average molecular weight is 541 g/mol. The number of ether oxygens (including phenoxy) is 2. The molecule has 1 atom stereocenters. The number of aromatic nitrogens is 3. The number of amides is 1. The molecule has 2 aliphatic heterocycles. The first kappa shape index (κ1) is 26.6. The molecule has 1 aromatic carbocycles. The molecule has 1 amide bonds. The Bertz CT molecular complexity index is 1440. The number of anilines is 1. The van der Waals surface area contributed by atoms with Crippen LogP contribution in [0.15, 0.2) is 82.2 Å². The van der Waals surface area contributed by atoms with Crippen molar-refractivity contribution in [3.8, 4) is 6.07 Å². The van der Waals surface area contributed by atoms with E-state index in [1.807, 2.05) is 23.1 Å². The second-order valence-electron chi connectivity index (χ2n) is 9.16. The fraction of sp³-hybridized carbons (Fsp3) is 0.321. The Labute approximate surface area is 231 Å². The van der Waals surface area contributed by atoms with E-state index in [0.29, 0.717) is 74.1 Å². The van der Waals surface area contributed by atoms with Gasteiger partial charge in [0.2, 0.25) is 6.41 Å². The van der Waals surface area contributed by atoms with Crippen LogP contribution in [0, 0.1) is 11.3 Å². The number of methoxy groups -OCH3 is 1. The fourth-order valence-corrected chi connectivity index (χ4v) is 4.88. The highest BCUT2D eigenvalue weighted by molar-refractivity contribution is 5.97. The van der Waals surface area contributed by atoms with Crippen molar-refractivity contribution >= 4 is 24.3 Å². The topological polar surface area (TPSA) is 129 Å². The molecule has 0 spiro atoms. The maximum Gasteiger partial charge on any atom is 0.228 e. The summed E-state index contributed by atoms with van der Waals surface area (Å²) >= 11 is 0. The Hall–Kier alpha value is -4.98. The molecule has 1 aliphatic carbocycles. The Balaban J connectivity index is 1.30. The lowest BCUT2D eigenvalue weighted by Gasteiger charge is -2.42. The molecule has 1 saturated heterocycles. The number of hydrogen-bond donors (Lipinski definition) is 0. The van der Waals surface area contributed by atoms with Gasteiger partial charge in [0.1, 0.15) is 11.5 Å². The van der Waals surface area contributed by atoms with Crippen molar-refractivity contribution in [1.29, 1.82) is 5.26 Å². The summed E-state index contributed by atoms with van der Waals surface area (Å²) in [7, 11) is 1.58. The van der Waals surface area contributed by atoms with Gasteiger partial charge in [-0.2, -0.15) is 20.3 Å². The van der Waals surface area contributed by atoms with Crippen LogP contribution in [0.4, 0.5) is 5.69 Å². The van der Waals surface area contributed by atoms with Crippen molar-refractivity contribution in [3.05, 3.63) is 82.7 Å². The highest BCUT2D eigenvalue weighted by Crippen LogP contribution is 2.34. The molecule has 1 aromatic heterocycles. The number of carbonyl (C=O) groups excluding carboxylic acids is 2. The highest BCUT2D eigenvalue weighted by Gasteiger charge is 2.33. The molecule has 1 unspecified atom stereocenters. The number of carbonyl (C=O) groups is 1. The molecule has 40 heavy (non-hydrogen) atoms. The number of hydrogen-bond acceptors (Lipinski definition) is 10. The lowest BCUT2D eigenvalue weighted by molar-refractivity contribution is -0.110. The van der Waals surface area contributed by atoms with Crippen LogP contribution in [0.25, 0.3) is 0 Å². The molecule has 0 bridgehead atoms. The molecule has 1 fully saturated rings. The second-order valence-corrected chi connectivity index (χ2v) is 9.16. The number of aryl methyl sites for hydroxylation is 1. The Morgan fingerprint density at radius 3 is 2.52 bits per heavy atom. The second kappa shape index (κ2) is 12.3. The van der Waals surface area contributed by atoms with Gasteiger partial charge < -0.3 is 14.4 Å². The Morgan fingerprint density at radius 1 is 1.12 bits per heavy atom. The number of fused-ring (bicyclic) bond motifs is 1. The summed E-state index contributed by atoms with van der Waals surface area (Å²) in [6.45, 7) is 3.30. The van der Waals surface area contributed by atoms with Crippen molar-refractivity contribution in [2.24, 2.45) is 4.99 Å². The van der Waals surface area contributed by atoms with Gasteiger partial charge >= 0.3 is 0 Å². The van der Waals surface area contributed by atoms with Gasteiger partial charge in [0.25, 0.3) is 0 Å². The lowest BCUT2D eigenvalue weighted by atomic mass is 9.92. The minimum atomic E-state index is -0.336. The van der Waals surface area contributed by atoms with Gasteiger partial charge in [-0.3, -0.25) is 9.79 Å². The van der Waals surface area contributed by atoms with Gasteiger partial charge in [-0.1, -0.05) is 0 Å². The molecule has 3 aliphatic rings. The predicted octanol–water partition coefficient (Wildman–Crippen LogP) is 1.64. The van der Waals surface area contributed by atoms with Crippen LogP contribution in [0.5, 0.6) is 0 Å². The first-order valence-electron chi connectivity index (χ1n) is 12.9. The van der Waals surface area contributed by atoms with Gasteiger partial charge in [0.15, 0.2) is 11.5 Å². The summed E-state index contributed by atoms with van der Waals surface area (Å²) in [5, 5.41) is 20.7. The van der Waals surface area contributed by atoms with E-state index in [1.54, 1.807) is 59.8 Å². The zero-order chi connectivity index (χ0) is 27.9. The van der Waals surface area contributed by atoms with E-state index in [1.165, 1.54) is 0 Å². The first-order chi connectivity index (χ1) is 19.6.